The van der Waals surface area contributed by atoms with Gasteiger partial charge in [-0.25, -0.2) is 4.98 Å². The van der Waals surface area contributed by atoms with Crippen molar-refractivity contribution in [3.63, 3.8) is 0 Å². The molecule has 1 heterocycles. The second-order valence-electron chi connectivity index (χ2n) is 4.63. The van der Waals surface area contributed by atoms with Gasteiger partial charge >= 0.3 is 0 Å². The fourth-order valence-electron chi connectivity index (χ4n) is 0.955. The summed E-state index contributed by atoms with van der Waals surface area (Å²) < 4.78 is 5.64. The molecular formula is C12H19ClN2O. The summed E-state index contributed by atoms with van der Waals surface area (Å²) in [6, 6.07) is 3.78. The van der Waals surface area contributed by atoms with Crippen LogP contribution in [0.3, 0.4) is 0 Å². The number of nitrogens with zero attached hydrogens (tertiary/aromatic N) is 2. The van der Waals surface area contributed by atoms with Crippen LogP contribution >= 0.6 is 11.6 Å². The maximum atomic E-state index is 5.68. The Bertz CT molecular complexity index is 322. The van der Waals surface area contributed by atoms with Crippen molar-refractivity contribution in [2.75, 3.05) is 20.7 Å². The van der Waals surface area contributed by atoms with Crippen molar-refractivity contribution in [3.05, 3.63) is 23.9 Å². The molecule has 3 nitrogen and oxygen atoms in total. The zero-order valence-electron chi connectivity index (χ0n) is 10.3. The van der Waals surface area contributed by atoms with Crippen molar-refractivity contribution in [2.24, 2.45) is 0 Å². The largest absolute Gasteiger partial charge is 0.476 e. The van der Waals surface area contributed by atoms with Gasteiger partial charge in [-0.15, -0.1) is 11.6 Å². The van der Waals surface area contributed by atoms with Gasteiger partial charge in [-0.05, 0) is 33.5 Å². The topological polar surface area (TPSA) is 25.4 Å². The molecule has 16 heavy (non-hydrogen) atoms. The van der Waals surface area contributed by atoms with Crippen LogP contribution in [-0.2, 0) is 5.88 Å². The van der Waals surface area contributed by atoms with Crippen LogP contribution in [0, 0.1) is 0 Å². The van der Waals surface area contributed by atoms with E-state index in [2.05, 4.69) is 23.7 Å². The summed E-state index contributed by atoms with van der Waals surface area (Å²) in [6.07, 6.45) is 1.74. The van der Waals surface area contributed by atoms with E-state index in [4.69, 9.17) is 16.3 Å². The van der Waals surface area contributed by atoms with Gasteiger partial charge in [-0.2, -0.15) is 0 Å². The molecule has 0 aliphatic rings. The molecule has 0 amide bonds. The van der Waals surface area contributed by atoms with Crippen LogP contribution < -0.4 is 4.74 Å². The summed E-state index contributed by atoms with van der Waals surface area (Å²) >= 11 is 5.68. The number of aromatic nitrogens is 1. The molecule has 0 unspecified atom stereocenters. The van der Waals surface area contributed by atoms with Crippen molar-refractivity contribution in [1.29, 1.82) is 0 Å². The summed E-state index contributed by atoms with van der Waals surface area (Å²) in [5.74, 6) is 1.13. The number of ether oxygens (including phenoxy) is 1. The SMILES string of the molecule is CN(C)C(C)(C)COc1ccc(CCl)cn1. The second kappa shape index (κ2) is 5.51. The highest BCUT2D eigenvalue weighted by Crippen LogP contribution is 2.14. The first-order chi connectivity index (χ1) is 7.45. The molecule has 90 valence electrons. The van der Waals surface area contributed by atoms with Crippen molar-refractivity contribution in [2.45, 2.75) is 25.3 Å². The van der Waals surface area contributed by atoms with Gasteiger partial charge in [0.1, 0.15) is 6.61 Å². The quantitative estimate of drug-likeness (QED) is 0.742. The molecule has 0 N–H and O–H groups in total. The van der Waals surface area contributed by atoms with Crippen LogP contribution in [0.25, 0.3) is 0 Å². The van der Waals surface area contributed by atoms with Gasteiger partial charge in [-0.3, -0.25) is 0 Å². The zero-order chi connectivity index (χ0) is 12.2. The van der Waals surface area contributed by atoms with E-state index >= 15 is 0 Å². The fraction of sp³-hybridized carbons (Fsp3) is 0.583. The lowest BCUT2D eigenvalue weighted by Crippen LogP contribution is -2.43. The number of rotatable bonds is 5. The Labute approximate surface area is 102 Å². The van der Waals surface area contributed by atoms with E-state index in [0.717, 1.165) is 5.56 Å². The van der Waals surface area contributed by atoms with Crippen LogP contribution in [0.4, 0.5) is 0 Å². The Morgan fingerprint density at radius 1 is 1.38 bits per heavy atom. The van der Waals surface area contributed by atoms with Gasteiger partial charge < -0.3 is 9.64 Å². The summed E-state index contributed by atoms with van der Waals surface area (Å²) in [7, 11) is 4.07. The summed E-state index contributed by atoms with van der Waals surface area (Å²) in [4.78, 5) is 6.31. The third kappa shape index (κ3) is 3.65. The minimum absolute atomic E-state index is 0.00711. The highest BCUT2D eigenvalue weighted by Gasteiger charge is 2.21. The van der Waals surface area contributed by atoms with Gasteiger partial charge in [0.2, 0.25) is 5.88 Å². The maximum Gasteiger partial charge on any atom is 0.213 e. The molecule has 1 aromatic rings. The summed E-state index contributed by atoms with van der Waals surface area (Å²) in [5.41, 5.74) is 0.994. The van der Waals surface area contributed by atoms with E-state index in [1.165, 1.54) is 0 Å². The van der Waals surface area contributed by atoms with Crippen LogP contribution in [0.2, 0.25) is 0 Å². The minimum atomic E-state index is -0.00711. The van der Waals surface area contributed by atoms with E-state index in [0.29, 0.717) is 18.4 Å². The number of pyridine rings is 1. The molecule has 1 aromatic heterocycles. The first-order valence-corrected chi connectivity index (χ1v) is 5.80. The first-order valence-electron chi connectivity index (χ1n) is 5.27. The predicted molar refractivity (Wildman–Crippen MR) is 67.1 cm³/mol. The van der Waals surface area contributed by atoms with Gasteiger partial charge in [0, 0.05) is 23.7 Å². The third-order valence-electron chi connectivity index (χ3n) is 2.74. The molecule has 0 spiro atoms. The number of halogens is 1. The van der Waals surface area contributed by atoms with Crippen LogP contribution in [-0.4, -0.2) is 36.1 Å². The molecule has 0 fully saturated rings. The molecule has 0 saturated carbocycles. The third-order valence-corrected chi connectivity index (χ3v) is 3.04. The number of alkyl halides is 1. The second-order valence-corrected chi connectivity index (χ2v) is 4.90. The monoisotopic (exact) mass is 242 g/mol. The highest BCUT2D eigenvalue weighted by atomic mass is 35.5. The smallest absolute Gasteiger partial charge is 0.213 e. The minimum Gasteiger partial charge on any atom is -0.476 e. The molecule has 0 radical (unpaired) electrons. The van der Waals surface area contributed by atoms with Crippen LogP contribution in [0.5, 0.6) is 5.88 Å². The molecule has 0 atom stereocenters. The van der Waals surface area contributed by atoms with Gasteiger partial charge in [0.15, 0.2) is 0 Å². The normalized spacial score (nSPS) is 11.9. The van der Waals surface area contributed by atoms with Gasteiger partial charge in [0.25, 0.3) is 0 Å². The van der Waals surface area contributed by atoms with E-state index < -0.39 is 0 Å². The Kier molecular flexibility index (Phi) is 4.56. The summed E-state index contributed by atoms with van der Waals surface area (Å²) in [6.45, 7) is 4.85. The molecule has 0 aromatic carbocycles. The lowest BCUT2D eigenvalue weighted by molar-refractivity contribution is 0.111. The first kappa shape index (κ1) is 13.3. The Morgan fingerprint density at radius 2 is 2.06 bits per heavy atom. The van der Waals surface area contributed by atoms with Crippen LogP contribution in [0.15, 0.2) is 18.3 Å². The van der Waals surface area contributed by atoms with E-state index in [-0.39, 0.29) is 5.54 Å². The lowest BCUT2D eigenvalue weighted by Gasteiger charge is -2.31. The maximum absolute atomic E-state index is 5.68. The standard InChI is InChI=1S/C12H19ClN2O/c1-12(2,15(3)4)9-16-11-6-5-10(7-13)8-14-11/h5-6,8H,7,9H2,1-4H3. The fourth-order valence-corrected chi connectivity index (χ4v) is 1.11. The number of hydrogen-bond acceptors (Lipinski definition) is 3. The Morgan fingerprint density at radius 3 is 2.50 bits per heavy atom. The number of hydrogen-bond donors (Lipinski definition) is 0. The molecule has 0 aliphatic carbocycles. The Hall–Kier alpha value is -0.800. The molecule has 0 saturated heterocycles. The number of likely N-dealkylation sites (N-methyl/N-ethyl adjacent to an activating group) is 1. The lowest BCUT2D eigenvalue weighted by atomic mass is 10.1. The van der Waals surface area contributed by atoms with Crippen molar-refractivity contribution < 1.29 is 4.74 Å². The molecule has 0 bridgehead atoms. The predicted octanol–water partition coefficient (Wildman–Crippen LogP) is 2.54. The average Bonchev–Trinajstić information content (AvgIpc) is 2.27. The van der Waals surface area contributed by atoms with E-state index in [1.807, 2.05) is 26.2 Å². The van der Waals surface area contributed by atoms with E-state index in [9.17, 15) is 0 Å². The van der Waals surface area contributed by atoms with Crippen LogP contribution in [0.1, 0.15) is 19.4 Å². The molecule has 0 aliphatic heterocycles. The zero-order valence-corrected chi connectivity index (χ0v) is 11.1. The van der Waals surface area contributed by atoms with Crippen molar-refractivity contribution >= 4 is 11.6 Å². The molecule has 1 rings (SSSR count). The summed E-state index contributed by atoms with van der Waals surface area (Å²) in [5, 5.41) is 0. The van der Waals surface area contributed by atoms with Gasteiger partial charge in [-0.1, -0.05) is 6.07 Å². The average molecular weight is 243 g/mol. The molecular weight excluding hydrogens is 224 g/mol. The van der Waals surface area contributed by atoms with E-state index in [1.54, 1.807) is 6.20 Å². The highest BCUT2D eigenvalue weighted by molar-refractivity contribution is 6.17. The van der Waals surface area contributed by atoms with Gasteiger partial charge in [0.05, 0.1) is 0 Å². The van der Waals surface area contributed by atoms with Crippen molar-refractivity contribution in [1.82, 2.24) is 9.88 Å². The molecule has 4 heteroatoms. The van der Waals surface area contributed by atoms with Crippen molar-refractivity contribution in [3.8, 4) is 5.88 Å². The Balaban J connectivity index is 2.54.